The van der Waals surface area contributed by atoms with Crippen molar-refractivity contribution in [3.8, 4) is 5.75 Å². The number of carboxylic acid groups (broad SMARTS) is 1. The van der Waals surface area contributed by atoms with E-state index in [1.54, 1.807) is 121 Å². The third kappa shape index (κ3) is 20.4. The van der Waals surface area contributed by atoms with Crippen LogP contribution in [0.25, 0.3) is 10.9 Å². The van der Waals surface area contributed by atoms with Gasteiger partial charge in [0.1, 0.15) is 48.0 Å². The third-order valence-electron chi connectivity index (χ3n) is 15.0. The molecular weight excluding hydrogens is 1210 g/mol. The Morgan fingerprint density at radius 1 is 0.604 bits per heavy atom. The first-order valence-electron chi connectivity index (χ1n) is 29.5. The molecule has 1 aliphatic heterocycles. The zero-order valence-corrected chi connectivity index (χ0v) is 51.7. The van der Waals surface area contributed by atoms with Gasteiger partial charge in [-0.3, -0.25) is 43.2 Å². The molecule has 1 aliphatic rings. The molecule has 1 aromatic heterocycles. The number of carbonyl (C=O) groups excluding carboxylic acids is 9. The zero-order valence-electron chi connectivity index (χ0n) is 50.0. The van der Waals surface area contributed by atoms with Gasteiger partial charge in [-0.05, 0) is 91.7 Å². The van der Waals surface area contributed by atoms with Gasteiger partial charge in [0.15, 0.2) is 6.17 Å². The van der Waals surface area contributed by atoms with Crippen LogP contribution in [0, 0.1) is 0 Å². The molecule has 0 radical (unpaired) electrons. The lowest BCUT2D eigenvalue weighted by Gasteiger charge is -2.32. The number of nitrogens with zero attached hydrogens (tertiary/aromatic N) is 1. The van der Waals surface area contributed by atoms with Gasteiger partial charge in [0.05, 0.1) is 12.1 Å². The van der Waals surface area contributed by atoms with E-state index in [1.165, 1.54) is 38.2 Å². The minimum Gasteiger partial charge on any atom is -0.508 e. The molecule has 0 aliphatic carbocycles. The number of hydrogen-bond acceptors (Lipinski definition) is 16. The zero-order chi connectivity index (χ0) is 65.6. The molecule has 1 saturated heterocycles. The fourth-order valence-electron chi connectivity index (χ4n) is 9.92. The summed E-state index contributed by atoms with van der Waals surface area (Å²) >= 11 is 0. The largest absolute Gasteiger partial charge is 0.508 e. The van der Waals surface area contributed by atoms with E-state index >= 15 is 14.4 Å². The number of aliphatic carboxylic acids is 1. The van der Waals surface area contributed by atoms with E-state index in [0.29, 0.717) is 39.6 Å². The number of phenolic OH excluding ortho intramolecular Hbond substituents is 1. The number of amides is 9. The van der Waals surface area contributed by atoms with Crippen molar-refractivity contribution >= 4 is 91.6 Å². The van der Waals surface area contributed by atoms with E-state index in [9.17, 15) is 48.9 Å². The number of carbonyl (C=O) groups is 10. The van der Waals surface area contributed by atoms with Gasteiger partial charge in [0.25, 0.3) is 11.8 Å². The molecular formula is C64H76N12O13S2. The number of aromatic hydroxyl groups is 1. The van der Waals surface area contributed by atoms with Crippen LogP contribution in [0.5, 0.6) is 5.75 Å². The second kappa shape index (κ2) is 34.1. The molecule has 91 heavy (non-hydrogen) atoms. The van der Waals surface area contributed by atoms with Gasteiger partial charge in [-0.2, -0.15) is 0 Å². The van der Waals surface area contributed by atoms with Crippen LogP contribution in [0.3, 0.4) is 0 Å². The number of benzene rings is 5. The highest BCUT2D eigenvalue weighted by atomic mass is 33.1. The quantitative estimate of drug-likeness (QED) is 0.0423. The Labute approximate surface area is 533 Å². The Morgan fingerprint density at radius 3 is 1.75 bits per heavy atom. The Kier molecular flexibility index (Phi) is 25.9. The van der Waals surface area contributed by atoms with Gasteiger partial charge >= 0.3 is 5.97 Å². The summed E-state index contributed by atoms with van der Waals surface area (Å²) in [4.78, 5) is 149. The molecule has 16 N–H and O–H groups in total. The monoisotopic (exact) mass is 1280 g/mol. The number of hydrogen-bond donors (Lipinski definition) is 14. The number of para-hydroxylation sites is 1. The summed E-state index contributed by atoms with van der Waals surface area (Å²) in [6.07, 6.45) is -2.13. The number of H-pyrrole nitrogens is 1. The van der Waals surface area contributed by atoms with E-state index in [2.05, 4.69) is 47.5 Å². The predicted molar refractivity (Wildman–Crippen MR) is 343 cm³/mol. The maximum atomic E-state index is 15.3. The molecule has 9 amide bonds. The number of aromatic amines is 1. The van der Waals surface area contributed by atoms with Crippen molar-refractivity contribution < 1.29 is 63.3 Å². The molecule has 25 nitrogen and oxygen atoms in total. The van der Waals surface area contributed by atoms with Crippen LogP contribution in [-0.4, -0.2) is 170 Å². The SMILES string of the molecule is C[C@@H](O)[C@H]1NC(=O)[C@H](CCCCN)NC(=O)[C@@H](Cc2c[nH]c3ccccc23)NC(=O)[C@H](N(C)C(=O)c2ccccc2)NC(=O)[C@H](Cc2ccccc2)NC(=O)[C@@H](NC(=O)[C@@H](N)Cc2ccc(O)cc2)CSSC[C@@H](C(=O)O)NC(=O)[C@H](Cc2ccccc2)NC1=O. The summed E-state index contributed by atoms with van der Waals surface area (Å²) in [5, 5.41) is 53.2. The number of aliphatic hydroxyl groups is 1. The molecule has 0 saturated carbocycles. The molecule has 6 aromatic rings. The highest BCUT2D eigenvalue weighted by Gasteiger charge is 2.39. The Balaban J connectivity index is 1.32. The van der Waals surface area contributed by atoms with Crippen molar-refractivity contribution in [2.24, 2.45) is 11.5 Å². The van der Waals surface area contributed by atoms with E-state index < -0.39 is 120 Å². The fourth-order valence-corrected chi connectivity index (χ4v) is 12.2. The fraction of sp³-hybridized carbons (Fsp3) is 0.344. The summed E-state index contributed by atoms with van der Waals surface area (Å²) in [7, 11) is 3.06. The van der Waals surface area contributed by atoms with Gasteiger partial charge in [0.2, 0.25) is 41.4 Å². The van der Waals surface area contributed by atoms with E-state index in [0.717, 1.165) is 26.5 Å². The van der Waals surface area contributed by atoms with E-state index in [4.69, 9.17) is 11.5 Å². The molecule has 10 atom stereocenters. The number of fused-ring (bicyclic) bond motifs is 1. The summed E-state index contributed by atoms with van der Waals surface area (Å²) in [6, 6.07) is 25.4. The van der Waals surface area contributed by atoms with Crippen LogP contribution in [0.2, 0.25) is 0 Å². The predicted octanol–water partition coefficient (Wildman–Crippen LogP) is 1.07. The minimum absolute atomic E-state index is 0.0269. The van der Waals surface area contributed by atoms with Gasteiger partial charge < -0.3 is 79.2 Å². The second-order valence-electron chi connectivity index (χ2n) is 21.9. The van der Waals surface area contributed by atoms with Crippen LogP contribution in [0.1, 0.15) is 58.8 Å². The lowest BCUT2D eigenvalue weighted by atomic mass is 10.0. The van der Waals surface area contributed by atoms with Crippen molar-refractivity contribution in [2.45, 2.75) is 112 Å². The highest BCUT2D eigenvalue weighted by Crippen LogP contribution is 2.25. The number of nitrogens with one attached hydrogen (secondary N) is 9. The first-order valence-corrected chi connectivity index (χ1v) is 31.9. The van der Waals surface area contributed by atoms with Crippen molar-refractivity contribution in [3.05, 3.63) is 174 Å². The topological polar surface area (TPSA) is 399 Å². The third-order valence-corrected chi connectivity index (χ3v) is 17.4. The molecule has 7 rings (SSSR count). The Hall–Kier alpha value is -9.28. The maximum absolute atomic E-state index is 15.3. The number of aliphatic hydroxyl groups excluding tert-OH is 1. The van der Waals surface area contributed by atoms with E-state index in [1.807, 2.05) is 0 Å². The van der Waals surface area contributed by atoms with Crippen molar-refractivity contribution in [3.63, 3.8) is 0 Å². The van der Waals surface area contributed by atoms with Crippen LogP contribution < -0.4 is 54.0 Å². The van der Waals surface area contributed by atoms with Crippen LogP contribution in [-0.2, 0) is 68.8 Å². The lowest BCUT2D eigenvalue weighted by Crippen LogP contribution is -2.64. The molecule has 0 spiro atoms. The minimum atomic E-state index is -1.95. The average Bonchev–Trinajstić information content (AvgIpc) is 2.17. The van der Waals surface area contributed by atoms with Gasteiger partial charge in [0, 0.05) is 60.5 Å². The van der Waals surface area contributed by atoms with Gasteiger partial charge in [-0.15, -0.1) is 0 Å². The van der Waals surface area contributed by atoms with Crippen molar-refractivity contribution in [1.29, 1.82) is 0 Å². The number of aromatic nitrogens is 1. The van der Waals surface area contributed by atoms with Crippen LogP contribution >= 0.6 is 21.6 Å². The summed E-state index contributed by atoms with van der Waals surface area (Å²) < 4.78 is 0. The maximum Gasteiger partial charge on any atom is 0.327 e. The summed E-state index contributed by atoms with van der Waals surface area (Å²) in [5.74, 6) is -10.7. The molecule has 482 valence electrons. The number of nitrogens with two attached hydrogens (primary N) is 2. The number of unbranched alkanes of at least 4 members (excludes halogenated alkanes) is 1. The number of carboxylic acids is 1. The number of phenols is 1. The van der Waals surface area contributed by atoms with Crippen molar-refractivity contribution in [1.82, 2.24) is 52.4 Å². The highest BCUT2D eigenvalue weighted by molar-refractivity contribution is 8.76. The number of rotatable bonds is 18. The summed E-state index contributed by atoms with van der Waals surface area (Å²) in [6.45, 7) is 1.41. The number of likely N-dealkylation sites (N-methyl/N-ethyl adjacent to an activating group) is 1. The Morgan fingerprint density at radius 2 is 1.13 bits per heavy atom. The smallest absolute Gasteiger partial charge is 0.327 e. The molecule has 0 bridgehead atoms. The molecule has 5 aromatic carbocycles. The first kappa shape index (κ1) is 69.2. The van der Waals surface area contributed by atoms with Crippen LogP contribution in [0.15, 0.2) is 146 Å². The average molecular weight is 1290 g/mol. The second-order valence-corrected chi connectivity index (χ2v) is 24.5. The molecule has 2 heterocycles. The first-order chi connectivity index (χ1) is 43.7. The molecule has 0 unspecified atom stereocenters. The Bertz CT molecular complexity index is 3480. The molecule has 1 fully saturated rings. The summed E-state index contributed by atoms with van der Waals surface area (Å²) in [5.41, 5.74) is 15.2. The standard InChI is InChI=1S/C64H76N12O13S2/c1-37(77)53-61(85)70-48(31-38-16-6-3-7-17-38)57(81)73-52(64(88)89)36-91-90-35-51(72-55(79)45(66)30-40-25-27-43(78)28-26-40)60(84)69-49(32-39-18-8-4-9-19-39)59(83)75-54(76(2)63(87)41-20-10-5-11-21-41)62(86)71-50(33-42-34-67-46-23-13-12-22-44(42)46)58(82)68-47(56(80)74-53)24-14-15-29-65/h3-13,16-23,25-28,34,37,45,47-54,67,77-78H,14-15,24,29-33,35-36,65-66H2,1-2H3,(H,68,82)(H,69,84)(H,70,85)(H,71,86)(H,72,79)(H,73,81)(H,74,80)(H,75,83)(H,88,89)/t37-,45+,47+,48+,49+,50-,51+,52+,53-,54+/m1/s1. The van der Waals surface area contributed by atoms with E-state index in [-0.39, 0.29) is 67.9 Å². The molecule has 27 heteroatoms. The van der Waals surface area contributed by atoms with Crippen molar-refractivity contribution in [2.75, 3.05) is 25.1 Å². The van der Waals surface area contributed by atoms with Gasteiger partial charge in [-0.1, -0.05) is 131 Å². The normalized spacial score (nSPS) is 21.9. The lowest BCUT2D eigenvalue weighted by molar-refractivity contribution is -0.141. The van der Waals surface area contributed by atoms with Gasteiger partial charge in [-0.25, -0.2) is 4.79 Å². The van der Waals surface area contributed by atoms with Crippen LogP contribution in [0.4, 0.5) is 0 Å².